The van der Waals surface area contributed by atoms with Gasteiger partial charge in [0, 0.05) is 22.1 Å². The van der Waals surface area contributed by atoms with Gasteiger partial charge in [0.05, 0.1) is 18.2 Å². The molecule has 1 amide bonds. The maximum atomic E-state index is 13.1. The van der Waals surface area contributed by atoms with E-state index < -0.39 is 17.7 Å². The van der Waals surface area contributed by atoms with E-state index in [0.29, 0.717) is 17.9 Å². The normalized spacial score (nSPS) is 19.4. The standard InChI is InChI=1S/C25H18BrNO4/c26-18-7-9-19(10-8-18)27-22(15-4-2-1-3-5-15)21(24(29)25(27)30)23(28)17-6-11-20-16(14-17)12-13-31-20/h1-11,14,22,28H,12-13H2/b23-21-. The van der Waals surface area contributed by atoms with E-state index in [-0.39, 0.29) is 11.3 Å². The number of fused-ring (bicyclic) bond motifs is 1. The van der Waals surface area contributed by atoms with Crippen LogP contribution >= 0.6 is 15.9 Å². The van der Waals surface area contributed by atoms with Crippen molar-refractivity contribution in [2.24, 2.45) is 0 Å². The van der Waals surface area contributed by atoms with Gasteiger partial charge in [0.1, 0.15) is 11.5 Å². The van der Waals surface area contributed by atoms with Crippen LogP contribution in [-0.2, 0) is 16.0 Å². The minimum atomic E-state index is -0.730. The maximum absolute atomic E-state index is 13.1. The molecule has 1 N–H and O–H groups in total. The van der Waals surface area contributed by atoms with E-state index in [0.717, 1.165) is 27.8 Å². The minimum absolute atomic E-state index is 0.0815. The van der Waals surface area contributed by atoms with Gasteiger partial charge in [-0.25, -0.2) is 0 Å². The molecule has 2 heterocycles. The van der Waals surface area contributed by atoms with Crippen LogP contribution in [-0.4, -0.2) is 23.4 Å². The molecular weight excluding hydrogens is 458 g/mol. The third-order valence-corrected chi connectivity index (χ3v) is 6.16. The van der Waals surface area contributed by atoms with Crippen LogP contribution in [0.5, 0.6) is 5.75 Å². The number of Topliss-reactive ketones (excluding diaryl/α,β-unsaturated/α-hetero) is 1. The molecule has 0 saturated carbocycles. The number of ketones is 1. The van der Waals surface area contributed by atoms with Crippen LogP contribution in [0.3, 0.4) is 0 Å². The van der Waals surface area contributed by atoms with Crippen LogP contribution in [0.2, 0.25) is 0 Å². The second-order valence-electron chi connectivity index (χ2n) is 7.48. The SMILES string of the molecule is O=C1C(=O)N(c2ccc(Br)cc2)C(c2ccccc2)/C1=C(/O)c1ccc2c(c1)CCO2. The van der Waals surface area contributed by atoms with Crippen LogP contribution < -0.4 is 9.64 Å². The lowest BCUT2D eigenvalue weighted by Gasteiger charge is -2.25. The number of carbonyl (C=O) groups is 2. The highest BCUT2D eigenvalue weighted by Crippen LogP contribution is 2.42. The first-order valence-electron chi connectivity index (χ1n) is 9.92. The number of halogens is 1. The molecule has 0 aliphatic carbocycles. The summed E-state index contributed by atoms with van der Waals surface area (Å²) < 4.78 is 6.41. The first kappa shape index (κ1) is 19.6. The number of benzene rings is 3. The number of hydrogen-bond acceptors (Lipinski definition) is 4. The number of nitrogens with zero attached hydrogens (tertiary/aromatic N) is 1. The van der Waals surface area contributed by atoms with Gasteiger partial charge in [-0.1, -0.05) is 46.3 Å². The number of ether oxygens (including phenoxy) is 1. The highest BCUT2D eigenvalue weighted by atomic mass is 79.9. The average molecular weight is 476 g/mol. The van der Waals surface area contributed by atoms with Crippen LogP contribution in [0, 0.1) is 0 Å². The second-order valence-corrected chi connectivity index (χ2v) is 8.39. The van der Waals surface area contributed by atoms with E-state index in [9.17, 15) is 14.7 Å². The van der Waals surface area contributed by atoms with Crippen molar-refractivity contribution in [1.29, 1.82) is 0 Å². The molecule has 1 atom stereocenters. The molecule has 0 aromatic heterocycles. The number of aliphatic hydroxyl groups excluding tert-OH is 1. The quantitative estimate of drug-likeness (QED) is 0.328. The molecule has 0 spiro atoms. The van der Waals surface area contributed by atoms with Gasteiger partial charge >= 0.3 is 0 Å². The van der Waals surface area contributed by atoms with E-state index in [1.807, 2.05) is 48.5 Å². The summed E-state index contributed by atoms with van der Waals surface area (Å²) in [5.41, 5.74) is 2.88. The molecular formula is C25H18BrNO4. The van der Waals surface area contributed by atoms with Gasteiger partial charge in [0.25, 0.3) is 11.7 Å². The minimum Gasteiger partial charge on any atom is -0.507 e. The van der Waals surface area contributed by atoms with E-state index >= 15 is 0 Å². The average Bonchev–Trinajstić information content (AvgIpc) is 3.37. The number of aliphatic hydroxyl groups is 1. The van der Waals surface area contributed by atoms with Crippen LogP contribution in [0.15, 0.2) is 82.8 Å². The third-order valence-electron chi connectivity index (χ3n) is 5.63. The molecule has 2 aliphatic heterocycles. The van der Waals surface area contributed by atoms with Crippen molar-refractivity contribution in [2.45, 2.75) is 12.5 Å². The Balaban J connectivity index is 1.69. The Morgan fingerprint density at radius 1 is 1.00 bits per heavy atom. The summed E-state index contributed by atoms with van der Waals surface area (Å²) in [5, 5.41) is 11.2. The molecule has 3 aromatic rings. The summed E-state index contributed by atoms with van der Waals surface area (Å²) in [6.45, 7) is 0.595. The van der Waals surface area contributed by atoms with Crippen molar-refractivity contribution in [3.63, 3.8) is 0 Å². The first-order valence-corrected chi connectivity index (χ1v) is 10.7. The molecule has 5 nitrogen and oxygen atoms in total. The Kier molecular flexibility index (Phi) is 4.87. The number of amides is 1. The Bertz CT molecular complexity index is 1220. The zero-order chi connectivity index (χ0) is 21.5. The molecule has 2 aliphatic rings. The van der Waals surface area contributed by atoms with Gasteiger partial charge in [-0.05, 0) is 53.6 Å². The fourth-order valence-electron chi connectivity index (χ4n) is 4.14. The summed E-state index contributed by atoms with van der Waals surface area (Å²) >= 11 is 3.40. The van der Waals surface area contributed by atoms with Crippen LogP contribution in [0.1, 0.15) is 22.7 Å². The monoisotopic (exact) mass is 475 g/mol. The third kappa shape index (κ3) is 3.33. The highest BCUT2D eigenvalue weighted by Gasteiger charge is 2.46. The maximum Gasteiger partial charge on any atom is 0.300 e. The largest absolute Gasteiger partial charge is 0.507 e. The molecule has 31 heavy (non-hydrogen) atoms. The van der Waals surface area contributed by atoms with Crippen LogP contribution in [0.25, 0.3) is 5.76 Å². The zero-order valence-electron chi connectivity index (χ0n) is 16.4. The summed E-state index contributed by atoms with van der Waals surface area (Å²) in [6, 6.07) is 21.1. The van der Waals surface area contributed by atoms with E-state index in [1.54, 1.807) is 24.3 Å². The molecule has 154 valence electrons. The zero-order valence-corrected chi connectivity index (χ0v) is 18.0. The molecule has 0 radical (unpaired) electrons. The lowest BCUT2D eigenvalue weighted by molar-refractivity contribution is -0.132. The van der Waals surface area contributed by atoms with Crippen molar-refractivity contribution in [3.05, 3.63) is 99.5 Å². The Morgan fingerprint density at radius 2 is 1.74 bits per heavy atom. The van der Waals surface area contributed by atoms with Crippen molar-refractivity contribution < 1.29 is 19.4 Å². The van der Waals surface area contributed by atoms with Gasteiger partial charge in [-0.3, -0.25) is 14.5 Å². The van der Waals surface area contributed by atoms with Gasteiger partial charge in [0.2, 0.25) is 0 Å². The number of carbonyl (C=O) groups excluding carboxylic acids is 2. The first-order chi connectivity index (χ1) is 15.0. The molecule has 5 rings (SSSR count). The smallest absolute Gasteiger partial charge is 0.300 e. The van der Waals surface area contributed by atoms with Crippen molar-refractivity contribution >= 4 is 39.1 Å². The summed E-state index contributed by atoms with van der Waals surface area (Å²) in [5.74, 6) is -0.763. The molecule has 1 saturated heterocycles. The summed E-state index contributed by atoms with van der Waals surface area (Å²) in [4.78, 5) is 27.7. The lowest BCUT2D eigenvalue weighted by Crippen LogP contribution is -2.29. The van der Waals surface area contributed by atoms with Crippen molar-refractivity contribution in [1.82, 2.24) is 0 Å². The van der Waals surface area contributed by atoms with E-state index in [4.69, 9.17) is 4.74 Å². The predicted molar refractivity (Wildman–Crippen MR) is 121 cm³/mol. The molecule has 0 bridgehead atoms. The Labute approximate surface area is 187 Å². The number of rotatable bonds is 3. The number of hydrogen-bond donors (Lipinski definition) is 1. The summed E-state index contributed by atoms with van der Waals surface area (Å²) in [6.07, 6.45) is 0.742. The Hall–Kier alpha value is -3.38. The fraction of sp³-hybridized carbons (Fsp3) is 0.120. The Morgan fingerprint density at radius 3 is 2.48 bits per heavy atom. The van der Waals surface area contributed by atoms with Gasteiger partial charge in [-0.2, -0.15) is 0 Å². The number of anilines is 1. The van der Waals surface area contributed by atoms with Gasteiger partial charge in [-0.15, -0.1) is 0 Å². The van der Waals surface area contributed by atoms with Crippen molar-refractivity contribution in [3.8, 4) is 5.75 Å². The molecule has 1 unspecified atom stereocenters. The predicted octanol–water partition coefficient (Wildman–Crippen LogP) is 5.01. The fourth-order valence-corrected chi connectivity index (χ4v) is 4.40. The van der Waals surface area contributed by atoms with Crippen LogP contribution in [0.4, 0.5) is 5.69 Å². The van der Waals surface area contributed by atoms with Gasteiger partial charge < -0.3 is 9.84 Å². The van der Waals surface area contributed by atoms with E-state index in [1.165, 1.54) is 4.90 Å². The van der Waals surface area contributed by atoms with Gasteiger partial charge in [0.15, 0.2) is 0 Å². The topological polar surface area (TPSA) is 66.8 Å². The molecule has 1 fully saturated rings. The lowest BCUT2D eigenvalue weighted by atomic mass is 9.94. The molecule has 6 heteroatoms. The highest BCUT2D eigenvalue weighted by molar-refractivity contribution is 9.10. The van der Waals surface area contributed by atoms with E-state index in [2.05, 4.69) is 15.9 Å². The summed E-state index contributed by atoms with van der Waals surface area (Å²) in [7, 11) is 0. The second kappa shape index (κ2) is 7.71. The molecule has 3 aromatic carbocycles. The van der Waals surface area contributed by atoms with Crippen molar-refractivity contribution in [2.75, 3.05) is 11.5 Å².